The number of aryl methyl sites for hydroxylation is 1. The minimum atomic E-state index is -0.634. The SMILES string of the molecule is Cc1ccc(OC(C)C(=O)NN=Cc2ccc(Cl)cc2)cc1. The summed E-state index contributed by atoms with van der Waals surface area (Å²) in [6.07, 6.45) is 0.914. The molecule has 0 spiro atoms. The number of nitrogens with zero attached hydrogens (tertiary/aromatic N) is 1. The molecule has 5 heteroatoms. The average molecular weight is 317 g/mol. The summed E-state index contributed by atoms with van der Waals surface area (Å²) in [6.45, 7) is 3.67. The summed E-state index contributed by atoms with van der Waals surface area (Å²) in [4.78, 5) is 11.9. The van der Waals surface area contributed by atoms with Crippen LogP contribution in [-0.4, -0.2) is 18.2 Å². The van der Waals surface area contributed by atoms with E-state index in [4.69, 9.17) is 16.3 Å². The number of carbonyl (C=O) groups is 1. The number of amides is 1. The van der Waals surface area contributed by atoms with Crippen molar-refractivity contribution in [3.05, 3.63) is 64.7 Å². The fraction of sp³-hybridized carbons (Fsp3) is 0.176. The highest BCUT2D eigenvalue weighted by atomic mass is 35.5. The number of hydrogen-bond donors (Lipinski definition) is 1. The number of hydrogen-bond acceptors (Lipinski definition) is 3. The summed E-state index contributed by atoms with van der Waals surface area (Å²) in [5.74, 6) is 0.334. The van der Waals surface area contributed by atoms with Gasteiger partial charge in [0.05, 0.1) is 6.21 Å². The van der Waals surface area contributed by atoms with Crippen molar-refractivity contribution in [2.45, 2.75) is 20.0 Å². The molecule has 0 saturated carbocycles. The maximum absolute atomic E-state index is 11.9. The van der Waals surface area contributed by atoms with Crippen LogP contribution in [0.15, 0.2) is 53.6 Å². The van der Waals surface area contributed by atoms with E-state index < -0.39 is 6.10 Å². The van der Waals surface area contributed by atoms with E-state index in [2.05, 4.69) is 10.5 Å². The smallest absolute Gasteiger partial charge is 0.280 e. The topological polar surface area (TPSA) is 50.7 Å². The highest BCUT2D eigenvalue weighted by molar-refractivity contribution is 6.30. The first-order chi connectivity index (χ1) is 10.5. The second kappa shape index (κ2) is 7.61. The molecule has 0 fully saturated rings. The van der Waals surface area contributed by atoms with E-state index >= 15 is 0 Å². The molecule has 0 bridgehead atoms. The van der Waals surface area contributed by atoms with E-state index in [0.29, 0.717) is 10.8 Å². The fourth-order valence-corrected chi connectivity index (χ4v) is 1.81. The number of nitrogens with one attached hydrogen (secondary N) is 1. The lowest BCUT2D eigenvalue weighted by Gasteiger charge is -2.12. The Kier molecular flexibility index (Phi) is 5.55. The molecule has 2 rings (SSSR count). The van der Waals surface area contributed by atoms with E-state index in [1.165, 1.54) is 0 Å². The highest BCUT2D eigenvalue weighted by Gasteiger charge is 2.13. The molecule has 1 N–H and O–H groups in total. The van der Waals surface area contributed by atoms with Crippen LogP contribution in [0.4, 0.5) is 0 Å². The van der Waals surface area contributed by atoms with Gasteiger partial charge in [-0.2, -0.15) is 5.10 Å². The van der Waals surface area contributed by atoms with E-state index in [1.54, 1.807) is 25.3 Å². The number of halogens is 1. The molecule has 0 heterocycles. The first-order valence-corrected chi connectivity index (χ1v) is 7.24. The zero-order chi connectivity index (χ0) is 15.9. The van der Waals surface area contributed by atoms with Gasteiger partial charge in [0.2, 0.25) is 0 Å². The average Bonchev–Trinajstić information content (AvgIpc) is 2.51. The van der Waals surface area contributed by atoms with Gasteiger partial charge in [-0.05, 0) is 43.7 Å². The lowest BCUT2D eigenvalue weighted by Crippen LogP contribution is -2.33. The first kappa shape index (κ1) is 16.0. The molecule has 22 heavy (non-hydrogen) atoms. The van der Waals surface area contributed by atoms with E-state index in [1.807, 2.05) is 43.3 Å². The zero-order valence-corrected chi connectivity index (χ0v) is 13.2. The number of rotatable bonds is 5. The minimum absolute atomic E-state index is 0.314. The molecule has 4 nitrogen and oxygen atoms in total. The molecule has 1 unspecified atom stereocenters. The van der Waals surface area contributed by atoms with E-state index in [9.17, 15) is 4.79 Å². The third-order valence-corrected chi connectivity index (χ3v) is 3.21. The van der Waals surface area contributed by atoms with Gasteiger partial charge < -0.3 is 4.74 Å². The monoisotopic (exact) mass is 316 g/mol. The van der Waals surface area contributed by atoms with Crippen molar-refractivity contribution >= 4 is 23.7 Å². The predicted octanol–water partition coefficient (Wildman–Crippen LogP) is 3.57. The van der Waals surface area contributed by atoms with Crippen molar-refractivity contribution < 1.29 is 9.53 Å². The Balaban J connectivity index is 1.85. The van der Waals surface area contributed by atoms with Gasteiger partial charge in [-0.3, -0.25) is 4.79 Å². The third kappa shape index (κ3) is 4.90. The molecule has 1 amide bonds. The molecule has 2 aromatic carbocycles. The Bertz CT molecular complexity index is 651. The minimum Gasteiger partial charge on any atom is -0.481 e. The van der Waals surface area contributed by atoms with Crippen LogP contribution >= 0.6 is 11.6 Å². The van der Waals surface area contributed by atoms with Crippen molar-refractivity contribution in [1.82, 2.24) is 5.43 Å². The van der Waals surface area contributed by atoms with Crippen LogP contribution in [0.5, 0.6) is 5.75 Å². The summed E-state index contributed by atoms with van der Waals surface area (Å²) < 4.78 is 5.55. The van der Waals surface area contributed by atoms with Gasteiger partial charge in [0.15, 0.2) is 6.10 Å². The van der Waals surface area contributed by atoms with Crippen molar-refractivity contribution in [2.24, 2.45) is 5.10 Å². The molecule has 2 aromatic rings. The predicted molar refractivity (Wildman–Crippen MR) is 88.5 cm³/mol. The normalized spacial score (nSPS) is 12.1. The number of carbonyl (C=O) groups excluding carboxylic acids is 1. The van der Waals surface area contributed by atoms with Crippen LogP contribution in [0, 0.1) is 6.92 Å². The van der Waals surface area contributed by atoms with Crippen molar-refractivity contribution in [3.63, 3.8) is 0 Å². The molecule has 114 valence electrons. The van der Waals surface area contributed by atoms with Crippen molar-refractivity contribution in [1.29, 1.82) is 0 Å². The molecular weight excluding hydrogens is 300 g/mol. The standard InChI is InChI=1S/C17H17ClN2O2/c1-12-3-9-16(10-4-12)22-13(2)17(21)20-19-11-14-5-7-15(18)8-6-14/h3-11,13H,1-2H3,(H,20,21). The third-order valence-electron chi connectivity index (χ3n) is 2.96. The molecule has 0 aliphatic rings. The maximum Gasteiger partial charge on any atom is 0.280 e. The number of ether oxygens (including phenoxy) is 1. The molecule has 0 aliphatic heterocycles. The van der Waals surface area contributed by atoms with Gasteiger partial charge in [0.25, 0.3) is 5.91 Å². The largest absolute Gasteiger partial charge is 0.481 e. The lowest BCUT2D eigenvalue weighted by molar-refractivity contribution is -0.127. The van der Waals surface area contributed by atoms with Gasteiger partial charge in [-0.15, -0.1) is 0 Å². The highest BCUT2D eigenvalue weighted by Crippen LogP contribution is 2.13. The Hall–Kier alpha value is -2.33. The Labute approximate surface area is 134 Å². The van der Waals surface area contributed by atoms with E-state index in [0.717, 1.165) is 11.1 Å². The molecule has 0 radical (unpaired) electrons. The van der Waals surface area contributed by atoms with Gasteiger partial charge in [0.1, 0.15) is 5.75 Å². The van der Waals surface area contributed by atoms with Crippen LogP contribution in [0.25, 0.3) is 0 Å². The zero-order valence-electron chi connectivity index (χ0n) is 12.4. The Morgan fingerprint density at radius 3 is 2.45 bits per heavy atom. The van der Waals surface area contributed by atoms with Gasteiger partial charge in [0, 0.05) is 5.02 Å². The fourth-order valence-electron chi connectivity index (χ4n) is 1.68. The summed E-state index contributed by atoms with van der Waals surface area (Å²) in [7, 11) is 0. The van der Waals surface area contributed by atoms with Crippen LogP contribution < -0.4 is 10.2 Å². The Morgan fingerprint density at radius 1 is 1.18 bits per heavy atom. The number of benzene rings is 2. The van der Waals surface area contributed by atoms with Crippen LogP contribution in [0.3, 0.4) is 0 Å². The summed E-state index contributed by atoms with van der Waals surface area (Å²) in [6, 6.07) is 14.7. The van der Waals surface area contributed by atoms with E-state index in [-0.39, 0.29) is 5.91 Å². The second-order valence-corrected chi connectivity index (χ2v) is 5.30. The van der Waals surface area contributed by atoms with Gasteiger partial charge in [-0.25, -0.2) is 5.43 Å². The molecule has 0 saturated heterocycles. The van der Waals surface area contributed by atoms with Crippen LogP contribution in [0.2, 0.25) is 5.02 Å². The maximum atomic E-state index is 11.9. The second-order valence-electron chi connectivity index (χ2n) is 4.86. The molecular formula is C17H17ClN2O2. The van der Waals surface area contributed by atoms with Crippen molar-refractivity contribution in [3.8, 4) is 5.75 Å². The van der Waals surface area contributed by atoms with Crippen molar-refractivity contribution in [2.75, 3.05) is 0 Å². The van der Waals surface area contributed by atoms with Gasteiger partial charge in [-0.1, -0.05) is 41.4 Å². The summed E-state index contributed by atoms with van der Waals surface area (Å²) in [5.41, 5.74) is 4.43. The number of hydrazone groups is 1. The lowest BCUT2D eigenvalue weighted by atomic mass is 10.2. The summed E-state index contributed by atoms with van der Waals surface area (Å²) >= 11 is 5.79. The Morgan fingerprint density at radius 2 is 1.82 bits per heavy atom. The first-order valence-electron chi connectivity index (χ1n) is 6.86. The van der Waals surface area contributed by atoms with Gasteiger partial charge >= 0.3 is 0 Å². The molecule has 1 atom stereocenters. The summed E-state index contributed by atoms with van der Waals surface area (Å²) in [5, 5.41) is 4.55. The van der Waals surface area contributed by atoms with Crippen LogP contribution in [-0.2, 0) is 4.79 Å². The van der Waals surface area contributed by atoms with Crippen LogP contribution in [0.1, 0.15) is 18.1 Å². The molecule has 0 aliphatic carbocycles. The quantitative estimate of drug-likeness (QED) is 0.677. The molecule has 0 aromatic heterocycles.